The lowest BCUT2D eigenvalue weighted by Gasteiger charge is -2.23. The molecule has 24 heavy (non-hydrogen) atoms. The smallest absolute Gasteiger partial charge is 0.138 e. The van der Waals surface area contributed by atoms with E-state index in [1.54, 1.807) is 0 Å². The standard InChI is InChI=1S/C18H22N6/c1-14-19-8-10-24(14)18-7-3-5-16(21-18)17-6-4-9-23(17)13-15-11-20-22(2)12-15/h3,5,7-8,10-12,17H,4,6,9,13H2,1-2H3/t17-/m0/s1. The maximum absolute atomic E-state index is 4.92. The number of nitrogens with zero attached hydrogens (tertiary/aromatic N) is 6. The van der Waals surface area contributed by atoms with Crippen LogP contribution in [-0.2, 0) is 13.6 Å². The lowest BCUT2D eigenvalue weighted by Crippen LogP contribution is -2.23. The van der Waals surface area contributed by atoms with E-state index in [1.807, 2.05) is 47.9 Å². The first-order valence-electron chi connectivity index (χ1n) is 8.39. The zero-order valence-electron chi connectivity index (χ0n) is 14.1. The Morgan fingerprint density at radius 3 is 2.96 bits per heavy atom. The molecule has 3 aromatic rings. The molecule has 0 saturated carbocycles. The SMILES string of the molecule is Cc1nccn1-c1cccc([C@@H]2CCCN2Cc2cnn(C)c2)n1. The first-order valence-corrected chi connectivity index (χ1v) is 8.39. The van der Waals surface area contributed by atoms with E-state index in [0.717, 1.165) is 36.8 Å². The number of aryl methyl sites for hydroxylation is 2. The highest BCUT2D eigenvalue weighted by molar-refractivity contribution is 5.28. The molecule has 0 amide bonds. The molecule has 4 heterocycles. The van der Waals surface area contributed by atoms with Crippen LogP contribution >= 0.6 is 0 Å². The lowest BCUT2D eigenvalue weighted by atomic mass is 10.1. The van der Waals surface area contributed by atoms with Gasteiger partial charge >= 0.3 is 0 Å². The van der Waals surface area contributed by atoms with E-state index < -0.39 is 0 Å². The Balaban J connectivity index is 1.59. The van der Waals surface area contributed by atoms with Crippen molar-refractivity contribution in [1.29, 1.82) is 0 Å². The average molecular weight is 322 g/mol. The second kappa shape index (κ2) is 6.20. The van der Waals surface area contributed by atoms with E-state index in [-0.39, 0.29) is 0 Å². The van der Waals surface area contributed by atoms with Gasteiger partial charge in [-0.3, -0.25) is 14.1 Å². The van der Waals surface area contributed by atoms with Gasteiger partial charge in [0.1, 0.15) is 11.6 Å². The molecule has 0 N–H and O–H groups in total. The van der Waals surface area contributed by atoms with Crippen molar-refractivity contribution in [2.45, 2.75) is 32.4 Å². The maximum atomic E-state index is 4.92. The van der Waals surface area contributed by atoms with Crippen LogP contribution in [0.3, 0.4) is 0 Å². The molecule has 1 atom stereocenters. The van der Waals surface area contributed by atoms with Gasteiger partial charge in [-0.15, -0.1) is 0 Å². The Labute approximate surface area is 141 Å². The third-order valence-electron chi connectivity index (χ3n) is 4.68. The Morgan fingerprint density at radius 1 is 1.29 bits per heavy atom. The van der Waals surface area contributed by atoms with Crippen LogP contribution in [0.4, 0.5) is 0 Å². The molecule has 0 aliphatic carbocycles. The summed E-state index contributed by atoms with van der Waals surface area (Å²) in [6, 6.07) is 6.65. The zero-order chi connectivity index (χ0) is 16.5. The Bertz CT molecular complexity index is 833. The highest BCUT2D eigenvalue weighted by atomic mass is 15.3. The highest BCUT2D eigenvalue weighted by Crippen LogP contribution is 2.32. The molecule has 0 aromatic carbocycles. The topological polar surface area (TPSA) is 51.8 Å². The van der Waals surface area contributed by atoms with Crippen molar-refractivity contribution in [3.8, 4) is 5.82 Å². The monoisotopic (exact) mass is 322 g/mol. The van der Waals surface area contributed by atoms with Gasteiger partial charge in [0.05, 0.1) is 17.9 Å². The number of likely N-dealkylation sites (tertiary alicyclic amines) is 1. The fraction of sp³-hybridized carbons (Fsp3) is 0.389. The van der Waals surface area contributed by atoms with Gasteiger partial charge in [-0.2, -0.15) is 5.10 Å². The summed E-state index contributed by atoms with van der Waals surface area (Å²) in [4.78, 5) is 11.7. The third-order valence-corrected chi connectivity index (χ3v) is 4.68. The van der Waals surface area contributed by atoms with E-state index in [4.69, 9.17) is 4.98 Å². The van der Waals surface area contributed by atoms with Crippen LogP contribution in [0.15, 0.2) is 43.0 Å². The van der Waals surface area contributed by atoms with Gasteiger partial charge in [-0.05, 0) is 38.4 Å². The molecule has 1 saturated heterocycles. The van der Waals surface area contributed by atoms with Crippen molar-refractivity contribution in [2.75, 3.05) is 6.54 Å². The van der Waals surface area contributed by atoms with Crippen molar-refractivity contribution >= 4 is 0 Å². The van der Waals surface area contributed by atoms with Gasteiger partial charge in [0.15, 0.2) is 0 Å². The quantitative estimate of drug-likeness (QED) is 0.741. The van der Waals surface area contributed by atoms with Gasteiger partial charge in [0.2, 0.25) is 0 Å². The van der Waals surface area contributed by atoms with Crippen molar-refractivity contribution in [3.05, 3.63) is 60.1 Å². The predicted molar refractivity (Wildman–Crippen MR) is 91.7 cm³/mol. The number of rotatable bonds is 4. The van der Waals surface area contributed by atoms with Crippen molar-refractivity contribution in [2.24, 2.45) is 7.05 Å². The summed E-state index contributed by atoms with van der Waals surface area (Å²) in [5.41, 5.74) is 2.40. The number of hydrogen-bond donors (Lipinski definition) is 0. The van der Waals surface area contributed by atoms with Crippen LogP contribution in [-0.4, -0.2) is 35.8 Å². The minimum Gasteiger partial charge on any atom is -0.290 e. The first-order chi connectivity index (χ1) is 11.7. The molecule has 0 spiro atoms. The third kappa shape index (κ3) is 2.85. The van der Waals surface area contributed by atoms with Crippen LogP contribution in [0, 0.1) is 6.92 Å². The molecule has 4 rings (SSSR count). The second-order valence-corrected chi connectivity index (χ2v) is 6.42. The van der Waals surface area contributed by atoms with Gasteiger partial charge in [-0.1, -0.05) is 6.07 Å². The fourth-order valence-electron chi connectivity index (χ4n) is 3.52. The largest absolute Gasteiger partial charge is 0.290 e. The lowest BCUT2D eigenvalue weighted by molar-refractivity contribution is 0.244. The van der Waals surface area contributed by atoms with Crippen LogP contribution in [0.1, 0.15) is 36.0 Å². The first kappa shape index (κ1) is 15.1. The molecule has 6 heteroatoms. The molecule has 1 aliphatic rings. The van der Waals surface area contributed by atoms with Crippen LogP contribution in [0.2, 0.25) is 0 Å². The molecule has 0 bridgehead atoms. The summed E-state index contributed by atoms with van der Waals surface area (Å²) in [6.07, 6.45) is 10.2. The molecular formula is C18H22N6. The summed E-state index contributed by atoms with van der Waals surface area (Å²) < 4.78 is 3.89. The van der Waals surface area contributed by atoms with E-state index in [0.29, 0.717) is 6.04 Å². The van der Waals surface area contributed by atoms with Gasteiger partial charge in [-0.25, -0.2) is 9.97 Å². The molecule has 6 nitrogen and oxygen atoms in total. The molecule has 0 unspecified atom stereocenters. The molecule has 1 fully saturated rings. The van der Waals surface area contributed by atoms with Gasteiger partial charge in [0.25, 0.3) is 0 Å². The fourth-order valence-corrected chi connectivity index (χ4v) is 3.52. The minimum atomic E-state index is 0.369. The van der Waals surface area contributed by atoms with Gasteiger partial charge in [0, 0.05) is 37.7 Å². The van der Waals surface area contributed by atoms with E-state index in [9.17, 15) is 0 Å². The number of aromatic nitrogens is 5. The van der Waals surface area contributed by atoms with E-state index in [1.165, 1.54) is 12.0 Å². The predicted octanol–water partition coefficient (Wildman–Crippen LogP) is 2.65. The molecule has 3 aromatic heterocycles. The van der Waals surface area contributed by atoms with E-state index in [2.05, 4.69) is 33.3 Å². The van der Waals surface area contributed by atoms with Crippen LogP contribution < -0.4 is 0 Å². The number of imidazole rings is 1. The Morgan fingerprint density at radius 2 is 2.21 bits per heavy atom. The van der Waals surface area contributed by atoms with Crippen molar-refractivity contribution in [3.63, 3.8) is 0 Å². The summed E-state index contributed by atoms with van der Waals surface area (Å²) >= 11 is 0. The normalized spacial score (nSPS) is 18.3. The minimum absolute atomic E-state index is 0.369. The summed E-state index contributed by atoms with van der Waals surface area (Å²) in [7, 11) is 1.96. The van der Waals surface area contributed by atoms with E-state index >= 15 is 0 Å². The molecule has 124 valence electrons. The highest BCUT2D eigenvalue weighted by Gasteiger charge is 2.27. The number of pyridine rings is 1. The average Bonchev–Trinajstić information content (AvgIpc) is 3.30. The molecule has 0 radical (unpaired) electrons. The van der Waals surface area contributed by atoms with Crippen LogP contribution in [0.5, 0.6) is 0 Å². The molecule has 1 aliphatic heterocycles. The maximum Gasteiger partial charge on any atom is 0.138 e. The summed E-state index contributed by atoms with van der Waals surface area (Å²) in [6.45, 7) is 4.03. The second-order valence-electron chi connectivity index (χ2n) is 6.42. The van der Waals surface area contributed by atoms with Crippen molar-refractivity contribution < 1.29 is 0 Å². The Hall–Kier alpha value is -2.47. The van der Waals surface area contributed by atoms with Crippen molar-refractivity contribution in [1.82, 2.24) is 29.2 Å². The zero-order valence-corrected chi connectivity index (χ0v) is 14.1. The van der Waals surface area contributed by atoms with Gasteiger partial charge < -0.3 is 0 Å². The number of hydrogen-bond acceptors (Lipinski definition) is 4. The summed E-state index contributed by atoms with van der Waals surface area (Å²) in [5.74, 6) is 1.90. The van der Waals surface area contributed by atoms with Crippen LogP contribution in [0.25, 0.3) is 5.82 Å². The molecular weight excluding hydrogens is 300 g/mol. The Kier molecular flexibility index (Phi) is 3.90. The summed E-state index contributed by atoms with van der Waals surface area (Å²) in [5, 5.41) is 4.28.